The number of rotatable bonds is 4. The monoisotopic (exact) mass is 489 g/mol. The highest BCUT2D eigenvalue weighted by molar-refractivity contribution is 7.16. The van der Waals surface area contributed by atoms with Gasteiger partial charge < -0.3 is 13.7 Å². The van der Waals surface area contributed by atoms with Gasteiger partial charge >= 0.3 is 11.6 Å². The number of aromatic nitrogens is 1. The lowest BCUT2D eigenvalue weighted by atomic mass is 10.0. The fourth-order valence-corrected chi connectivity index (χ4v) is 4.84. The van der Waals surface area contributed by atoms with Gasteiger partial charge in [0.15, 0.2) is 4.80 Å². The van der Waals surface area contributed by atoms with E-state index in [2.05, 4.69) is 4.99 Å². The Kier molecular flexibility index (Phi) is 5.46. The maximum absolute atomic E-state index is 13.1. The average Bonchev–Trinajstić information content (AvgIpc) is 3.18. The van der Waals surface area contributed by atoms with Crippen molar-refractivity contribution in [1.29, 1.82) is 0 Å². The Balaban J connectivity index is 1.70. The third kappa shape index (κ3) is 3.97. The van der Waals surface area contributed by atoms with E-state index >= 15 is 0 Å². The second-order valence-electron chi connectivity index (χ2n) is 7.52. The third-order valence-corrected chi connectivity index (χ3v) is 6.50. The van der Waals surface area contributed by atoms with Crippen molar-refractivity contribution in [2.24, 2.45) is 4.99 Å². The molecule has 0 bridgehead atoms. The lowest BCUT2D eigenvalue weighted by molar-refractivity contribution is -0.384. The fourth-order valence-electron chi connectivity index (χ4n) is 3.77. The number of benzene rings is 3. The van der Waals surface area contributed by atoms with E-state index in [1.165, 1.54) is 35.9 Å². The molecule has 174 valence electrons. The first-order valence-corrected chi connectivity index (χ1v) is 11.1. The summed E-state index contributed by atoms with van der Waals surface area (Å²) in [7, 11) is 1.22. The molecule has 3 aromatic carbocycles. The van der Waals surface area contributed by atoms with Crippen LogP contribution < -0.4 is 10.4 Å². The summed E-state index contributed by atoms with van der Waals surface area (Å²) in [5.74, 6) is -1.47. The van der Waals surface area contributed by atoms with Crippen molar-refractivity contribution in [3.05, 3.63) is 91.6 Å². The Morgan fingerprint density at radius 2 is 1.91 bits per heavy atom. The van der Waals surface area contributed by atoms with E-state index in [1.54, 1.807) is 6.07 Å². The van der Waals surface area contributed by atoms with Gasteiger partial charge in [-0.25, -0.2) is 4.79 Å². The Labute approximate surface area is 199 Å². The first-order chi connectivity index (χ1) is 16.9. The normalized spacial score (nSPS) is 11.9. The van der Waals surface area contributed by atoms with Crippen LogP contribution >= 0.6 is 11.3 Å². The van der Waals surface area contributed by atoms with Crippen LogP contribution in [0.15, 0.2) is 74.9 Å². The topological polar surface area (TPSA) is 134 Å². The van der Waals surface area contributed by atoms with Gasteiger partial charge in [-0.1, -0.05) is 41.7 Å². The highest BCUT2D eigenvalue weighted by Gasteiger charge is 2.18. The van der Waals surface area contributed by atoms with Crippen LogP contribution in [0, 0.1) is 10.1 Å². The summed E-state index contributed by atoms with van der Waals surface area (Å²) < 4.78 is 12.0. The summed E-state index contributed by atoms with van der Waals surface area (Å²) >= 11 is 0.974. The first kappa shape index (κ1) is 22.2. The number of nitro benzene ring substituents is 1. The number of ether oxygens (including phenoxy) is 1. The second-order valence-corrected chi connectivity index (χ2v) is 8.53. The summed E-state index contributed by atoms with van der Waals surface area (Å²) in [6.07, 6.45) is 0. The standard InChI is InChI=1S/C24H15N3O7S/c1-33-21(28)12-26-18-8-7-14(27(31)32)10-20(18)35-24(26)25-22(29)17-11-16-15-5-3-2-4-13(15)6-9-19(16)34-23(17)30/h2-11H,12H2,1H3. The molecule has 0 radical (unpaired) electrons. The number of hydrogen-bond acceptors (Lipinski definition) is 8. The molecular formula is C24H15N3O7S. The predicted octanol–water partition coefficient (Wildman–Crippen LogP) is 3.78. The number of non-ortho nitro benzene ring substituents is 1. The lowest BCUT2D eigenvalue weighted by Crippen LogP contribution is -2.23. The van der Waals surface area contributed by atoms with Crippen molar-refractivity contribution in [3.63, 3.8) is 0 Å². The van der Waals surface area contributed by atoms with E-state index in [0.29, 0.717) is 21.2 Å². The number of nitro groups is 1. The highest BCUT2D eigenvalue weighted by Crippen LogP contribution is 2.26. The summed E-state index contributed by atoms with van der Waals surface area (Å²) in [5, 5.41) is 13.5. The van der Waals surface area contributed by atoms with Gasteiger partial charge in [-0.3, -0.25) is 19.7 Å². The van der Waals surface area contributed by atoms with Crippen molar-refractivity contribution in [2.45, 2.75) is 6.54 Å². The number of hydrogen-bond donors (Lipinski definition) is 0. The summed E-state index contributed by atoms with van der Waals surface area (Å²) in [6.45, 7) is -0.280. The smallest absolute Gasteiger partial charge is 0.349 e. The Morgan fingerprint density at radius 1 is 1.11 bits per heavy atom. The second kappa shape index (κ2) is 8.61. The van der Waals surface area contributed by atoms with Crippen molar-refractivity contribution < 1.29 is 23.7 Å². The van der Waals surface area contributed by atoms with Gasteiger partial charge in [-0.2, -0.15) is 4.99 Å². The minimum absolute atomic E-state index is 0.0771. The van der Waals surface area contributed by atoms with Crippen LogP contribution in [-0.4, -0.2) is 28.5 Å². The van der Waals surface area contributed by atoms with Crippen molar-refractivity contribution in [1.82, 2.24) is 4.57 Å². The van der Waals surface area contributed by atoms with Crippen LogP contribution in [0.3, 0.4) is 0 Å². The SMILES string of the molecule is COC(=O)Cn1c(=NC(=O)c2cc3c(ccc4ccccc43)oc2=O)sc2cc([N+](=O)[O-])ccc21. The molecule has 1 amide bonds. The number of thiazole rings is 1. The molecule has 5 aromatic rings. The molecule has 2 aromatic heterocycles. The predicted molar refractivity (Wildman–Crippen MR) is 128 cm³/mol. The highest BCUT2D eigenvalue weighted by atomic mass is 32.1. The molecule has 35 heavy (non-hydrogen) atoms. The van der Waals surface area contributed by atoms with Gasteiger partial charge in [0.05, 0.1) is 22.2 Å². The summed E-state index contributed by atoms with van der Waals surface area (Å²) in [6, 6.07) is 16.5. The molecule has 0 aliphatic heterocycles. The number of amides is 1. The van der Waals surface area contributed by atoms with E-state index in [9.17, 15) is 24.5 Å². The van der Waals surface area contributed by atoms with Crippen LogP contribution in [-0.2, 0) is 16.1 Å². The molecule has 11 heteroatoms. The number of esters is 1. The van der Waals surface area contributed by atoms with Gasteiger partial charge in [0, 0.05) is 17.5 Å². The van der Waals surface area contributed by atoms with E-state index in [-0.39, 0.29) is 22.6 Å². The molecule has 0 fully saturated rings. The van der Waals surface area contributed by atoms with Gasteiger partial charge in [-0.15, -0.1) is 0 Å². The minimum atomic E-state index is -0.867. The van der Waals surface area contributed by atoms with E-state index < -0.39 is 22.4 Å². The van der Waals surface area contributed by atoms with Crippen molar-refractivity contribution in [2.75, 3.05) is 7.11 Å². The van der Waals surface area contributed by atoms with Gasteiger partial charge in [-0.05, 0) is 29.0 Å². The number of carbonyl (C=O) groups excluding carboxylic acids is 2. The fraction of sp³-hybridized carbons (Fsp3) is 0.0833. The zero-order chi connectivity index (χ0) is 24.7. The molecule has 2 heterocycles. The Bertz CT molecular complexity index is 1810. The number of nitrogens with zero attached hydrogens (tertiary/aromatic N) is 3. The van der Waals surface area contributed by atoms with Crippen LogP contribution in [0.2, 0.25) is 0 Å². The van der Waals surface area contributed by atoms with Gasteiger partial charge in [0.25, 0.3) is 11.6 Å². The molecule has 0 atom stereocenters. The van der Waals surface area contributed by atoms with Crippen LogP contribution in [0.5, 0.6) is 0 Å². The molecule has 0 saturated heterocycles. The largest absolute Gasteiger partial charge is 0.468 e. The lowest BCUT2D eigenvalue weighted by Gasteiger charge is -2.04. The van der Waals surface area contributed by atoms with Crippen molar-refractivity contribution >= 4 is 60.9 Å². The molecule has 5 rings (SSSR count). The maximum atomic E-state index is 13.1. The number of fused-ring (bicyclic) bond motifs is 4. The van der Waals surface area contributed by atoms with Gasteiger partial charge in [0.2, 0.25) is 0 Å². The molecule has 0 N–H and O–H groups in total. The average molecular weight is 489 g/mol. The molecule has 0 saturated carbocycles. The van der Waals surface area contributed by atoms with E-state index in [0.717, 1.165) is 22.1 Å². The zero-order valence-corrected chi connectivity index (χ0v) is 18.9. The Hall–Kier alpha value is -4.64. The molecule has 0 spiro atoms. The summed E-state index contributed by atoms with van der Waals surface area (Å²) in [4.78, 5) is 52.5. The van der Waals surface area contributed by atoms with Crippen molar-refractivity contribution in [3.8, 4) is 0 Å². The molecule has 10 nitrogen and oxygen atoms in total. The van der Waals surface area contributed by atoms with Crippen LogP contribution in [0.4, 0.5) is 5.69 Å². The quantitative estimate of drug-likeness (QED) is 0.123. The third-order valence-electron chi connectivity index (χ3n) is 5.46. The number of carbonyl (C=O) groups is 2. The maximum Gasteiger partial charge on any atom is 0.349 e. The van der Waals surface area contributed by atoms with Crippen LogP contribution in [0.1, 0.15) is 10.4 Å². The Morgan fingerprint density at radius 3 is 2.69 bits per heavy atom. The minimum Gasteiger partial charge on any atom is -0.468 e. The first-order valence-electron chi connectivity index (χ1n) is 10.2. The molecule has 0 aliphatic carbocycles. The molecular weight excluding hydrogens is 474 g/mol. The van der Waals surface area contributed by atoms with Crippen LogP contribution in [0.25, 0.3) is 32.0 Å². The summed E-state index contributed by atoms with van der Waals surface area (Å²) in [5.41, 5.74) is -0.488. The molecule has 0 aliphatic rings. The zero-order valence-electron chi connectivity index (χ0n) is 18.1. The van der Waals surface area contributed by atoms with Gasteiger partial charge in [0.1, 0.15) is 17.7 Å². The van der Waals surface area contributed by atoms with E-state index in [4.69, 9.17) is 9.15 Å². The number of methoxy groups -OCH3 is 1. The van der Waals surface area contributed by atoms with E-state index in [1.807, 2.05) is 30.3 Å². The molecule has 0 unspecified atom stereocenters.